The molecule has 9 nitrogen and oxygen atoms in total. The molecule has 2 amide bonds. The highest BCUT2D eigenvalue weighted by Crippen LogP contribution is 2.31. The number of anilines is 1. The zero-order chi connectivity index (χ0) is 23.4. The van der Waals surface area contributed by atoms with Crippen molar-refractivity contribution in [1.82, 2.24) is 10.2 Å². The lowest BCUT2D eigenvalue weighted by molar-refractivity contribution is -0.119. The van der Waals surface area contributed by atoms with E-state index < -0.39 is 5.66 Å². The van der Waals surface area contributed by atoms with Gasteiger partial charge in [0.2, 0.25) is 5.91 Å². The minimum absolute atomic E-state index is 0.115. The maximum absolute atomic E-state index is 12.6. The molecular formula is C24H28N4O5. The molecule has 0 unspecified atom stereocenters. The molecule has 2 aliphatic rings. The van der Waals surface area contributed by atoms with E-state index in [1.54, 1.807) is 39.5 Å². The zero-order valence-electron chi connectivity index (χ0n) is 19.0. The van der Waals surface area contributed by atoms with Crippen molar-refractivity contribution in [2.24, 2.45) is 4.99 Å². The van der Waals surface area contributed by atoms with E-state index >= 15 is 0 Å². The number of carbonyl (C=O) groups excluding carboxylic acids is 2. The molecule has 2 N–H and O–H groups in total. The highest BCUT2D eigenvalue weighted by Gasteiger charge is 2.42. The topological polar surface area (TPSA) is 101 Å². The van der Waals surface area contributed by atoms with Crippen molar-refractivity contribution in [3.8, 4) is 17.2 Å². The number of ether oxygens (including phenoxy) is 3. The molecule has 0 bridgehead atoms. The molecule has 2 aliphatic heterocycles. The van der Waals surface area contributed by atoms with Crippen molar-refractivity contribution in [3.05, 3.63) is 48.0 Å². The summed E-state index contributed by atoms with van der Waals surface area (Å²) < 4.78 is 15.7. The summed E-state index contributed by atoms with van der Waals surface area (Å²) >= 11 is 0. The van der Waals surface area contributed by atoms with Crippen molar-refractivity contribution in [3.63, 3.8) is 0 Å². The normalized spacial score (nSPS) is 17.3. The van der Waals surface area contributed by atoms with Crippen molar-refractivity contribution >= 4 is 23.2 Å². The summed E-state index contributed by atoms with van der Waals surface area (Å²) in [6.45, 7) is 1.56. The molecule has 0 aliphatic carbocycles. The van der Waals surface area contributed by atoms with E-state index in [2.05, 4.69) is 15.5 Å². The smallest absolute Gasteiger partial charge is 0.272 e. The van der Waals surface area contributed by atoms with Crippen molar-refractivity contribution in [1.29, 1.82) is 0 Å². The quantitative estimate of drug-likeness (QED) is 0.667. The van der Waals surface area contributed by atoms with Gasteiger partial charge in [0, 0.05) is 43.2 Å². The van der Waals surface area contributed by atoms with E-state index in [9.17, 15) is 9.59 Å². The van der Waals surface area contributed by atoms with Crippen LogP contribution < -0.4 is 24.8 Å². The zero-order valence-corrected chi connectivity index (χ0v) is 19.0. The van der Waals surface area contributed by atoms with Gasteiger partial charge in [0.15, 0.2) is 11.5 Å². The lowest BCUT2D eigenvalue weighted by Crippen LogP contribution is -2.52. The largest absolute Gasteiger partial charge is 0.497 e. The molecule has 0 radical (unpaired) electrons. The monoisotopic (exact) mass is 452 g/mol. The second-order valence-corrected chi connectivity index (χ2v) is 8.07. The highest BCUT2D eigenvalue weighted by molar-refractivity contribution is 6.46. The van der Waals surface area contributed by atoms with Gasteiger partial charge in [0.25, 0.3) is 5.91 Å². The lowest BCUT2D eigenvalue weighted by atomic mass is 9.98. The number of rotatable bonds is 7. The van der Waals surface area contributed by atoms with Gasteiger partial charge in [-0.1, -0.05) is 0 Å². The predicted molar refractivity (Wildman–Crippen MR) is 124 cm³/mol. The summed E-state index contributed by atoms with van der Waals surface area (Å²) in [4.78, 5) is 32.0. The van der Waals surface area contributed by atoms with Crippen molar-refractivity contribution in [2.45, 2.75) is 18.5 Å². The summed E-state index contributed by atoms with van der Waals surface area (Å²) in [6.07, 6.45) is 1.28. The molecule has 33 heavy (non-hydrogen) atoms. The SMILES string of the molecule is COc1ccc(C2=NC3(CCN(CC(=O)Nc4ccc(OC)c(OC)c4)CC3)NC2=O)cc1. The molecule has 0 saturated carbocycles. The lowest BCUT2D eigenvalue weighted by Gasteiger charge is -2.36. The van der Waals surface area contributed by atoms with Crippen LogP contribution in [0.3, 0.4) is 0 Å². The number of nitrogens with one attached hydrogen (secondary N) is 2. The van der Waals surface area contributed by atoms with Crippen LogP contribution >= 0.6 is 0 Å². The molecule has 0 aromatic heterocycles. The summed E-state index contributed by atoms with van der Waals surface area (Å²) in [5.74, 6) is 1.60. The third-order valence-corrected chi connectivity index (χ3v) is 5.97. The van der Waals surface area contributed by atoms with E-state index in [1.165, 1.54) is 0 Å². The first kappa shape index (κ1) is 22.6. The average molecular weight is 453 g/mol. The van der Waals surface area contributed by atoms with Crippen LogP contribution in [0.2, 0.25) is 0 Å². The highest BCUT2D eigenvalue weighted by atomic mass is 16.5. The van der Waals surface area contributed by atoms with Crippen LogP contribution in [0.25, 0.3) is 0 Å². The first-order valence-electron chi connectivity index (χ1n) is 10.8. The number of aliphatic imine (C=N–C) groups is 1. The van der Waals surface area contributed by atoms with Gasteiger partial charge in [0.05, 0.1) is 27.9 Å². The Morgan fingerprint density at radius 2 is 1.73 bits per heavy atom. The molecule has 2 aromatic rings. The summed E-state index contributed by atoms with van der Waals surface area (Å²) in [7, 11) is 4.72. The molecule has 1 saturated heterocycles. The van der Waals surface area contributed by atoms with Gasteiger partial charge in [-0.2, -0.15) is 0 Å². The Labute approximate surface area is 192 Å². The first-order valence-corrected chi connectivity index (χ1v) is 10.8. The van der Waals surface area contributed by atoms with Crippen LogP contribution in [0.4, 0.5) is 5.69 Å². The molecule has 0 atom stereocenters. The van der Waals surface area contributed by atoms with E-state index in [-0.39, 0.29) is 18.4 Å². The van der Waals surface area contributed by atoms with Gasteiger partial charge < -0.3 is 24.8 Å². The summed E-state index contributed by atoms with van der Waals surface area (Å²) in [6, 6.07) is 12.6. The number of amides is 2. The van der Waals surface area contributed by atoms with Crippen LogP contribution in [0.15, 0.2) is 47.5 Å². The number of methoxy groups -OCH3 is 3. The fraction of sp³-hybridized carbons (Fsp3) is 0.375. The number of piperidine rings is 1. The molecular weight excluding hydrogens is 424 g/mol. The van der Waals surface area contributed by atoms with Crippen LogP contribution in [-0.2, 0) is 9.59 Å². The van der Waals surface area contributed by atoms with E-state index in [0.717, 1.165) is 11.3 Å². The summed E-state index contributed by atoms with van der Waals surface area (Å²) in [5.41, 5.74) is 1.24. The number of nitrogens with zero attached hydrogens (tertiary/aromatic N) is 2. The molecule has 1 fully saturated rings. The fourth-order valence-corrected chi connectivity index (χ4v) is 4.14. The maximum atomic E-state index is 12.6. The average Bonchev–Trinajstić information content (AvgIpc) is 3.16. The Hall–Kier alpha value is -3.59. The Kier molecular flexibility index (Phi) is 6.50. The minimum Gasteiger partial charge on any atom is -0.497 e. The second-order valence-electron chi connectivity index (χ2n) is 8.07. The van der Waals surface area contributed by atoms with Crippen LogP contribution in [0.5, 0.6) is 17.2 Å². The fourth-order valence-electron chi connectivity index (χ4n) is 4.14. The minimum atomic E-state index is -0.608. The molecule has 4 rings (SSSR count). The van der Waals surface area contributed by atoms with Gasteiger partial charge in [-0.15, -0.1) is 0 Å². The molecule has 2 aromatic carbocycles. The predicted octanol–water partition coefficient (Wildman–Crippen LogP) is 2.06. The number of benzene rings is 2. The van der Waals surface area contributed by atoms with Gasteiger partial charge in [-0.05, 0) is 36.4 Å². The molecule has 2 heterocycles. The standard InChI is InChI=1S/C24H28N4O5/c1-31-18-7-4-16(5-8-18)22-23(30)27-24(26-22)10-12-28(13-11-24)15-21(29)25-17-6-9-19(32-2)20(14-17)33-3/h4-9,14H,10-13,15H2,1-3H3,(H,25,29)(H,27,30). The van der Waals surface area contributed by atoms with Crippen LogP contribution in [-0.4, -0.2) is 69.1 Å². The van der Waals surface area contributed by atoms with E-state index in [0.29, 0.717) is 48.8 Å². The number of likely N-dealkylation sites (tertiary alicyclic amines) is 1. The van der Waals surface area contributed by atoms with E-state index in [4.69, 9.17) is 19.2 Å². The van der Waals surface area contributed by atoms with Gasteiger partial charge >= 0.3 is 0 Å². The number of hydrogen-bond donors (Lipinski definition) is 2. The Bertz CT molecular complexity index is 1060. The van der Waals surface area contributed by atoms with E-state index in [1.807, 2.05) is 24.3 Å². The maximum Gasteiger partial charge on any atom is 0.272 e. The van der Waals surface area contributed by atoms with Gasteiger partial charge in [-0.3, -0.25) is 19.5 Å². The van der Waals surface area contributed by atoms with Crippen LogP contribution in [0.1, 0.15) is 18.4 Å². The molecule has 1 spiro atoms. The van der Waals surface area contributed by atoms with Crippen molar-refractivity contribution < 1.29 is 23.8 Å². The summed E-state index contributed by atoms with van der Waals surface area (Å²) in [5, 5.41) is 5.95. The number of hydrogen-bond acceptors (Lipinski definition) is 7. The first-order chi connectivity index (χ1) is 15.9. The van der Waals surface area contributed by atoms with Crippen LogP contribution in [0, 0.1) is 0 Å². The Balaban J connectivity index is 1.34. The third kappa shape index (κ3) is 4.93. The van der Waals surface area contributed by atoms with Crippen molar-refractivity contribution in [2.75, 3.05) is 46.3 Å². The molecule has 174 valence electrons. The third-order valence-electron chi connectivity index (χ3n) is 5.97. The van der Waals surface area contributed by atoms with Gasteiger partial charge in [-0.25, -0.2) is 0 Å². The molecule has 9 heteroatoms. The van der Waals surface area contributed by atoms with Gasteiger partial charge in [0.1, 0.15) is 17.1 Å². The Morgan fingerprint density at radius 3 is 2.36 bits per heavy atom. The number of carbonyl (C=O) groups is 2. The second kappa shape index (κ2) is 9.50. The Morgan fingerprint density at radius 1 is 1.03 bits per heavy atom.